The van der Waals surface area contributed by atoms with Gasteiger partial charge in [-0.3, -0.25) is 4.79 Å². The standard InChI is InChI=1S/C13H17N5O3/c19-5-4-18-12-10(6-16-18)11(14-8-15-12)17-3-1-2-9(7-17)13(20)21/h6,8-9,19H,1-5,7H2,(H,20,21). The maximum absolute atomic E-state index is 11.2. The van der Waals surface area contributed by atoms with E-state index in [-0.39, 0.29) is 12.5 Å². The van der Waals surface area contributed by atoms with E-state index in [4.69, 9.17) is 5.11 Å². The summed E-state index contributed by atoms with van der Waals surface area (Å²) >= 11 is 0. The summed E-state index contributed by atoms with van der Waals surface area (Å²) in [6.07, 6.45) is 4.65. The van der Waals surface area contributed by atoms with E-state index in [9.17, 15) is 9.90 Å². The van der Waals surface area contributed by atoms with Crippen LogP contribution in [-0.4, -0.2) is 55.6 Å². The predicted molar refractivity (Wildman–Crippen MR) is 75.0 cm³/mol. The van der Waals surface area contributed by atoms with E-state index in [0.29, 0.717) is 25.2 Å². The number of nitrogens with zero attached hydrogens (tertiary/aromatic N) is 5. The number of carbonyl (C=O) groups is 1. The van der Waals surface area contributed by atoms with Gasteiger partial charge in [-0.2, -0.15) is 5.10 Å². The van der Waals surface area contributed by atoms with E-state index in [1.54, 1.807) is 10.9 Å². The molecule has 0 bridgehead atoms. The lowest BCUT2D eigenvalue weighted by atomic mass is 9.98. The Balaban J connectivity index is 1.94. The first-order valence-electron chi connectivity index (χ1n) is 6.96. The Morgan fingerprint density at radius 2 is 2.29 bits per heavy atom. The van der Waals surface area contributed by atoms with Crippen molar-refractivity contribution in [2.45, 2.75) is 19.4 Å². The molecule has 2 aromatic heterocycles. The second-order valence-corrected chi connectivity index (χ2v) is 5.15. The van der Waals surface area contributed by atoms with Crippen molar-refractivity contribution < 1.29 is 15.0 Å². The Kier molecular flexibility index (Phi) is 3.70. The molecule has 3 heterocycles. The van der Waals surface area contributed by atoms with Crippen LogP contribution < -0.4 is 4.90 Å². The van der Waals surface area contributed by atoms with Crippen molar-refractivity contribution in [3.05, 3.63) is 12.5 Å². The van der Waals surface area contributed by atoms with Crippen LogP contribution in [0.15, 0.2) is 12.5 Å². The molecule has 0 aromatic carbocycles. The average Bonchev–Trinajstić information content (AvgIpc) is 2.91. The van der Waals surface area contributed by atoms with Gasteiger partial charge in [-0.05, 0) is 12.8 Å². The van der Waals surface area contributed by atoms with Gasteiger partial charge in [-0.25, -0.2) is 14.6 Å². The van der Waals surface area contributed by atoms with Crippen LogP contribution in [0.5, 0.6) is 0 Å². The smallest absolute Gasteiger partial charge is 0.308 e. The minimum atomic E-state index is -0.763. The van der Waals surface area contributed by atoms with Crippen LogP contribution in [0.4, 0.5) is 5.82 Å². The molecule has 2 N–H and O–H groups in total. The number of aliphatic hydroxyl groups is 1. The average molecular weight is 291 g/mol. The lowest BCUT2D eigenvalue weighted by molar-refractivity contribution is -0.141. The van der Waals surface area contributed by atoms with Gasteiger partial charge in [0.2, 0.25) is 0 Å². The minimum absolute atomic E-state index is 0.0130. The third-order valence-corrected chi connectivity index (χ3v) is 3.79. The summed E-state index contributed by atoms with van der Waals surface area (Å²) < 4.78 is 1.62. The lowest BCUT2D eigenvalue weighted by Gasteiger charge is -2.31. The molecule has 112 valence electrons. The van der Waals surface area contributed by atoms with E-state index in [1.807, 2.05) is 4.90 Å². The molecule has 0 aliphatic carbocycles. The zero-order chi connectivity index (χ0) is 14.8. The maximum Gasteiger partial charge on any atom is 0.308 e. The Labute approximate surface area is 121 Å². The molecule has 8 heteroatoms. The van der Waals surface area contributed by atoms with E-state index < -0.39 is 5.97 Å². The largest absolute Gasteiger partial charge is 0.481 e. The van der Waals surface area contributed by atoms with Crippen LogP contribution in [0.1, 0.15) is 12.8 Å². The molecule has 0 spiro atoms. The highest BCUT2D eigenvalue weighted by molar-refractivity contribution is 5.87. The number of rotatable bonds is 4. The molecule has 1 aliphatic heterocycles. The quantitative estimate of drug-likeness (QED) is 0.824. The summed E-state index contributed by atoms with van der Waals surface area (Å²) in [5.41, 5.74) is 0.659. The Bertz CT molecular complexity index is 656. The van der Waals surface area contributed by atoms with Crippen LogP contribution >= 0.6 is 0 Å². The summed E-state index contributed by atoms with van der Waals surface area (Å²) in [5.74, 6) is -0.410. The van der Waals surface area contributed by atoms with Crippen molar-refractivity contribution >= 4 is 22.8 Å². The summed E-state index contributed by atoms with van der Waals surface area (Å²) in [5, 5.41) is 23.2. The zero-order valence-corrected chi connectivity index (χ0v) is 11.5. The molecular weight excluding hydrogens is 274 g/mol. The van der Waals surface area contributed by atoms with Crippen molar-refractivity contribution in [1.29, 1.82) is 0 Å². The summed E-state index contributed by atoms with van der Waals surface area (Å²) in [6, 6.07) is 0. The van der Waals surface area contributed by atoms with Gasteiger partial charge in [0.1, 0.15) is 12.1 Å². The molecule has 1 saturated heterocycles. The lowest BCUT2D eigenvalue weighted by Crippen LogP contribution is -2.39. The van der Waals surface area contributed by atoms with Gasteiger partial charge >= 0.3 is 5.97 Å². The van der Waals surface area contributed by atoms with Gasteiger partial charge in [0.05, 0.1) is 30.7 Å². The molecule has 0 amide bonds. The van der Waals surface area contributed by atoms with Crippen molar-refractivity contribution in [3.63, 3.8) is 0 Å². The number of aliphatic carboxylic acids is 1. The van der Waals surface area contributed by atoms with E-state index in [1.165, 1.54) is 6.33 Å². The van der Waals surface area contributed by atoms with Gasteiger partial charge in [-0.1, -0.05) is 0 Å². The first-order chi connectivity index (χ1) is 10.2. The molecule has 21 heavy (non-hydrogen) atoms. The number of hydrogen-bond donors (Lipinski definition) is 2. The summed E-state index contributed by atoms with van der Waals surface area (Å²) in [6.45, 7) is 1.59. The highest BCUT2D eigenvalue weighted by Crippen LogP contribution is 2.27. The predicted octanol–water partition coefficient (Wildman–Crippen LogP) is 0.120. The van der Waals surface area contributed by atoms with E-state index in [0.717, 1.165) is 24.2 Å². The summed E-state index contributed by atoms with van der Waals surface area (Å²) in [7, 11) is 0. The maximum atomic E-state index is 11.2. The van der Waals surface area contributed by atoms with Gasteiger partial charge in [-0.15, -0.1) is 0 Å². The van der Waals surface area contributed by atoms with Gasteiger partial charge in [0.25, 0.3) is 0 Å². The van der Waals surface area contributed by atoms with Crippen LogP contribution in [0.3, 0.4) is 0 Å². The SMILES string of the molecule is O=C(O)C1CCCN(c2ncnc3c2cnn3CCO)C1. The number of hydrogen-bond acceptors (Lipinski definition) is 6. The molecular formula is C13H17N5O3. The molecule has 8 nitrogen and oxygen atoms in total. The minimum Gasteiger partial charge on any atom is -0.481 e. The van der Waals surface area contributed by atoms with Crippen molar-refractivity contribution in [2.24, 2.45) is 5.92 Å². The van der Waals surface area contributed by atoms with Crippen molar-refractivity contribution in [3.8, 4) is 0 Å². The second-order valence-electron chi connectivity index (χ2n) is 5.15. The van der Waals surface area contributed by atoms with Crippen LogP contribution in [0.2, 0.25) is 0 Å². The van der Waals surface area contributed by atoms with Gasteiger partial charge in [0.15, 0.2) is 5.65 Å². The number of fused-ring (bicyclic) bond motifs is 1. The molecule has 3 rings (SSSR count). The Morgan fingerprint density at radius 1 is 1.43 bits per heavy atom. The van der Waals surface area contributed by atoms with E-state index in [2.05, 4.69) is 15.1 Å². The van der Waals surface area contributed by atoms with E-state index >= 15 is 0 Å². The topological polar surface area (TPSA) is 104 Å². The highest BCUT2D eigenvalue weighted by Gasteiger charge is 2.27. The van der Waals surface area contributed by atoms with Gasteiger partial charge < -0.3 is 15.1 Å². The number of piperidine rings is 1. The fourth-order valence-corrected chi connectivity index (χ4v) is 2.76. The van der Waals surface area contributed by atoms with Crippen molar-refractivity contribution in [1.82, 2.24) is 19.7 Å². The van der Waals surface area contributed by atoms with Gasteiger partial charge in [0, 0.05) is 13.1 Å². The third-order valence-electron chi connectivity index (χ3n) is 3.79. The van der Waals surface area contributed by atoms with Crippen LogP contribution in [-0.2, 0) is 11.3 Å². The number of anilines is 1. The zero-order valence-electron chi connectivity index (χ0n) is 11.5. The normalized spacial score (nSPS) is 19.1. The number of aliphatic hydroxyl groups excluding tert-OH is 1. The second kappa shape index (κ2) is 5.65. The molecule has 2 aromatic rings. The molecule has 1 unspecified atom stereocenters. The molecule has 1 fully saturated rings. The Hall–Kier alpha value is -2.22. The first kappa shape index (κ1) is 13.7. The highest BCUT2D eigenvalue weighted by atomic mass is 16.4. The first-order valence-corrected chi connectivity index (χ1v) is 6.96. The number of aromatic nitrogens is 4. The Morgan fingerprint density at radius 3 is 3.05 bits per heavy atom. The summed E-state index contributed by atoms with van der Waals surface area (Å²) in [4.78, 5) is 21.7. The molecule has 0 saturated carbocycles. The third kappa shape index (κ3) is 2.54. The fraction of sp³-hybridized carbons (Fsp3) is 0.538. The fourth-order valence-electron chi connectivity index (χ4n) is 2.76. The molecule has 0 radical (unpaired) electrons. The van der Waals surface area contributed by atoms with Crippen LogP contribution in [0, 0.1) is 5.92 Å². The molecule has 1 atom stereocenters. The van der Waals surface area contributed by atoms with Crippen LogP contribution in [0.25, 0.3) is 11.0 Å². The number of carboxylic acids is 1. The number of carboxylic acid groups (broad SMARTS) is 1. The van der Waals surface area contributed by atoms with Crippen molar-refractivity contribution in [2.75, 3.05) is 24.6 Å². The monoisotopic (exact) mass is 291 g/mol. The molecule has 1 aliphatic rings.